The van der Waals surface area contributed by atoms with Crippen LogP contribution >= 0.6 is 0 Å². The maximum Gasteiger partial charge on any atom is 0.150 e. The minimum atomic E-state index is -2.84. The monoisotopic (exact) mass is 285 g/mol. The van der Waals surface area contributed by atoms with Crippen LogP contribution in [0.15, 0.2) is 24.3 Å². The molecule has 0 heterocycles. The number of nitrogens with one attached hydrogen (secondary N) is 1. The molecule has 5 heteroatoms. The van der Waals surface area contributed by atoms with Gasteiger partial charge in [-0.05, 0) is 24.1 Å². The van der Waals surface area contributed by atoms with Crippen molar-refractivity contribution < 1.29 is 13.2 Å². The molecule has 0 saturated carbocycles. The predicted octanol–water partition coefficient (Wildman–Crippen LogP) is 1.75. The lowest BCUT2D eigenvalue weighted by Crippen LogP contribution is -2.19. The van der Waals surface area contributed by atoms with E-state index in [2.05, 4.69) is 11.4 Å². The average molecular weight is 285 g/mol. The second-order valence-corrected chi connectivity index (χ2v) is 6.94. The summed E-state index contributed by atoms with van der Waals surface area (Å²) < 4.78 is 27.8. The Morgan fingerprint density at radius 2 is 1.89 bits per heavy atom. The van der Waals surface area contributed by atoms with Crippen molar-refractivity contribution in [3.05, 3.63) is 35.4 Å². The molecule has 4 nitrogen and oxygen atoms in total. The molecule has 0 fully saturated rings. The van der Waals surface area contributed by atoms with Gasteiger partial charge in [-0.2, -0.15) is 0 Å². The molecular formula is C14H23NO3S. The molecule has 0 spiro atoms. The average Bonchev–Trinajstić information content (AvgIpc) is 2.40. The molecule has 0 aliphatic heterocycles. The Hall–Kier alpha value is -0.910. The Kier molecular flexibility index (Phi) is 7.05. The maximum atomic E-state index is 11.3. The molecule has 1 aromatic carbocycles. The van der Waals surface area contributed by atoms with Gasteiger partial charge in [0.25, 0.3) is 0 Å². The van der Waals surface area contributed by atoms with E-state index in [9.17, 15) is 8.42 Å². The molecule has 0 unspecified atom stereocenters. The van der Waals surface area contributed by atoms with Crippen LogP contribution in [0.25, 0.3) is 0 Å². The highest BCUT2D eigenvalue weighted by atomic mass is 32.2. The van der Waals surface area contributed by atoms with Gasteiger partial charge in [-0.3, -0.25) is 0 Å². The summed E-state index contributed by atoms with van der Waals surface area (Å²) in [5.74, 6) is 0.486. The first-order valence-corrected chi connectivity index (χ1v) is 8.38. The summed E-state index contributed by atoms with van der Waals surface area (Å²) in [6.07, 6.45) is 0.655. The van der Waals surface area contributed by atoms with Crippen LogP contribution in [0.2, 0.25) is 0 Å². The maximum absolute atomic E-state index is 11.3. The number of ether oxygens (including phenoxy) is 1. The van der Waals surface area contributed by atoms with Crippen molar-refractivity contribution in [1.82, 2.24) is 5.32 Å². The summed E-state index contributed by atoms with van der Waals surface area (Å²) in [5, 5.41) is 3.28. The molecule has 0 atom stereocenters. The molecule has 0 bridgehead atoms. The van der Waals surface area contributed by atoms with Crippen LogP contribution in [0.4, 0.5) is 0 Å². The third-order valence-electron chi connectivity index (χ3n) is 2.98. The number of hydrogen-bond acceptors (Lipinski definition) is 4. The Bertz CT molecular complexity index is 471. The lowest BCUT2D eigenvalue weighted by Gasteiger charge is -2.10. The first kappa shape index (κ1) is 16.1. The number of sulfone groups is 1. The molecule has 1 rings (SSSR count). The third kappa shape index (κ3) is 6.18. The van der Waals surface area contributed by atoms with Gasteiger partial charge in [-0.1, -0.05) is 31.2 Å². The smallest absolute Gasteiger partial charge is 0.150 e. The minimum Gasteiger partial charge on any atom is -0.380 e. The summed E-state index contributed by atoms with van der Waals surface area (Å²) in [6, 6.07) is 8.09. The van der Waals surface area contributed by atoms with E-state index in [1.54, 1.807) is 14.0 Å². The normalized spacial score (nSPS) is 11.7. The second kappa shape index (κ2) is 8.30. The van der Waals surface area contributed by atoms with Crippen molar-refractivity contribution in [2.24, 2.45) is 0 Å². The molecular weight excluding hydrogens is 262 g/mol. The molecule has 19 heavy (non-hydrogen) atoms. The number of hydrogen-bond donors (Lipinski definition) is 1. The molecule has 0 aromatic heterocycles. The first-order chi connectivity index (χ1) is 9.09. The molecule has 0 aliphatic carbocycles. The van der Waals surface area contributed by atoms with E-state index in [1.165, 1.54) is 11.1 Å². The van der Waals surface area contributed by atoms with Crippen LogP contribution in [-0.2, 0) is 27.7 Å². The van der Waals surface area contributed by atoms with Gasteiger partial charge in [0.05, 0.1) is 12.4 Å². The molecule has 0 saturated heterocycles. The second-order valence-electron chi connectivity index (χ2n) is 4.47. The van der Waals surface area contributed by atoms with E-state index in [4.69, 9.17) is 4.74 Å². The minimum absolute atomic E-state index is 0.226. The highest BCUT2D eigenvalue weighted by Crippen LogP contribution is 2.09. The zero-order valence-corrected chi connectivity index (χ0v) is 12.5. The van der Waals surface area contributed by atoms with Crippen molar-refractivity contribution in [2.45, 2.75) is 26.5 Å². The fraction of sp³-hybridized carbons (Fsp3) is 0.571. The topological polar surface area (TPSA) is 55.4 Å². The lowest BCUT2D eigenvalue weighted by molar-refractivity contribution is 0.184. The van der Waals surface area contributed by atoms with E-state index < -0.39 is 9.84 Å². The van der Waals surface area contributed by atoms with E-state index >= 15 is 0 Å². The largest absolute Gasteiger partial charge is 0.380 e. The van der Waals surface area contributed by atoms with E-state index in [0.29, 0.717) is 19.6 Å². The van der Waals surface area contributed by atoms with Crippen LogP contribution in [0.5, 0.6) is 0 Å². The van der Waals surface area contributed by atoms with E-state index in [-0.39, 0.29) is 11.5 Å². The lowest BCUT2D eigenvalue weighted by atomic mass is 10.1. The number of rotatable bonds is 9. The van der Waals surface area contributed by atoms with Gasteiger partial charge in [0.2, 0.25) is 0 Å². The molecule has 0 aliphatic rings. The molecule has 0 amide bonds. The standard InChI is InChI=1S/C14H23NO3S/c1-3-19(16,17)10-6-9-15-11-13-7-4-5-8-14(13)12-18-2/h4-5,7-8,15H,3,6,9-12H2,1-2H3. The highest BCUT2D eigenvalue weighted by molar-refractivity contribution is 7.91. The fourth-order valence-corrected chi connectivity index (χ4v) is 2.68. The van der Waals surface area contributed by atoms with Crippen LogP contribution in [0.1, 0.15) is 24.5 Å². The van der Waals surface area contributed by atoms with Gasteiger partial charge in [-0.15, -0.1) is 0 Å². The van der Waals surface area contributed by atoms with Gasteiger partial charge in [0.15, 0.2) is 0 Å². The van der Waals surface area contributed by atoms with Crippen molar-refractivity contribution in [2.75, 3.05) is 25.2 Å². The van der Waals surface area contributed by atoms with E-state index in [0.717, 1.165) is 6.54 Å². The van der Waals surface area contributed by atoms with Crippen LogP contribution in [0.3, 0.4) is 0 Å². The van der Waals surface area contributed by atoms with Gasteiger partial charge < -0.3 is 10.1 Å². The summed E-state index contributed by atoms with van der Waals surface area (Å²) >= 11 is 0. The fourth-order valence-electron chi connectivity index (χ4n) is 1.81. The zero-order chi connectivity index (χ0) is 14.1. The van der Waals surface area contributed by atoms with Crippen molar-refractivity contribution >= 4 is 9.84 Å². The van der Waals surface area contributed by atoms with Gasteiger partial charge in [0, 0.05) is 19.4 Å². The summed E-state index contributed by atoms with van der Waals surface area (Å²) in [7, 11) is -1.16. The molecule has 1 aromatic rings. The van der Waals surface area contributed by atoms with Crippen LogP contribution in [-0.4, -0.2) is 33.6 Å². The molecule has 108 valence electrons. The summed E-state index contributed by atoms with van der Waals surface area (Å²) in [5.41, 5.74) is 2.36. The highest BCUT2D eigenvalue weighted by Gasteiger charge is 2.06. The van der Waals surface area contributed by atoms with Gasteiger partial charge in [0.1, 0.15) is 9.84 Å². The number of benzene rings is 1. The van der Waals surface area contributed by atoms with Crippen molar-refractivity contribution in [3.8, 4) is 0 Å². The SMILES string of the molecule is CCS(=O)(=O)CCCNCc1ccccc1COC. The zero-order valence-electron chi connectivity index (χ0n) is 11.7. The Morgan fingerprint density at radius 1 is 1.21 bits per heavy atom. The Morgan fingerprint density at radius 3 is 2.53 bits per heavy atom. The Balaban J connectivity index is 2.33. The molecule has 0 radical (unpaired) electrons. The van der Waals surface area contributed by atoms with Crippen LogP contribution in [0, 0.1) is 0 Å². The predicted molar refractivity (Wildman–Crippen MR) is 77.8 cm³/mol. The quantitative estimate of drug-likeness (QED) is 0.702. The summed E-state index contributed by atoms with van der Waals surface area (Å²) in [4.78, 5) is 0. The van der Waals surface area contributed by atoms with Crippen LogP contribution < -0.4 is 5.32 Å². The number of methoxy groups -OCH3 is 1. The first-order valence-electron chi connectivity index (χ1n) is 6.56. The molecule has 1 N–H and O–H groups in total. The third-order valence-corrected chi connectivity index (χ3v) is 4.77. The van der Waals surface area contributed by atoms with Gasteiger partial charge >= 0.3 is 0 Å². The Labute approximate surface area is 116 Å². The van der Waals surface area contributed by atoms with Crippen molar-refractivity contribution in [1.29, 1.82) is 0 Å². The summed E-state index contributed by atoms with van der Waals surface area (Å²) in [6.45, 7) is 3.73. The van der Waals surface area contributed by atoms with E-state index in [1.807, 2.05) is 18.2 Å². The van der Waals surface area contributed by atoms with Gasteiger partial charge in [-0.25, -0.2) is 8.42 Å². The van der Waals surface area contributed by atoms with Crippen molar-refractivity contribution in [3.63, 3.8) is 0 Å².